The van der Waals surface area contributed by atoms with Crippen LogP contribution in [0.3, 0.4) is 0 Å². The van der Waals surface area contributed by atoms with E-state index >= 15 is 0 Å². The zero-order valence-corrected chi connectivity index (χ0v) is 14.0. The third-order valence-electron chi connectivity index (χ3n) is 4.01. The Morgan fingerprint density at radius 3 is 2.57 bits per heavy atom. The van der Waals surface area contributed by atoms with E-state index in [0.29, 0.717) is 18.4 Å². The van der Waals surface area contributed by atoms with E-state index in [4.69, 9.17) is 16.3 Å². The van der Waals surface area contributed by atoms with Gasteiger partial charge in [0.2, 0.25) is 0 Å². The molecule has 0 spiro atoms. The first-order valence-electron chi connectivity index (χ1n) is 7.90. The van der Waals surface area contributed by atoms with Gasteiger partial charge in [-0.2, -0.15) is 0 Å². The SMILES string of the molecule is Cc1ccc(OC2CC(C)CC(C)C2)c(C#CCCCl)c1. The molecule has 1 nitrogen and oxygen atoms in total. The maximum atomic E-state index is 6.28. The van der Waals surface area contributed by atoms with Gasteiger partial charge < -0.3 is 4.74 Å². The fraction of sp³-hybridized carbons (Fsp3) is 0.579. The smallest absolute Gasteiger partial charge is 0.135 e. The third-order valence-corrected chi connectivity index (χ3v) is 4.20. The van der Waals surface area contributed by atoms with E-state index in [9.17, 15) is 0 Å². The molecular weight excluding hydrogens is 280 g/mol. The summed E-state index contributed by atoms with van der Waals surface area (Å²) >= 11 is 5.69. The van der Waals surface area contributed by atoms with Crippen LogP contribution in [0.4, 0.5) is 0 Å². The Kier molecular flexibility index (Phi) is 6.00. The highest BCUT2D eigenvalue weighted by molar-refractivity contribution is 6.18. The van der Waals surface area contributed by atoms with Crippen molar-refractivity contribution in [2.24, 2.45) is 11.8 Å². The predicted octanol–water partition coefficient (Wildman–Crippen LogP) is 5.18. The Bertz CT molecular complexity index is 516. The average molecular weight is 305 g/mol. The normalized spacial score (nSPS) is 25.0. The highest BCUT2D eigenvalue weighted by Crippen LogP contribution is 2.32. The molecule has 2 heteroatoms. The number of hydrogen-bond donors (Lipinski definition) is 0. The van der Waals surface area contributed by atoms with Crippen molar-refractivity contribution < 1.29 is 4.74 Å². The Hall–Kier alpha value is -1.13. The summed E-state index contributed by atoms with van der Waals surface area (Å²) in [5, 5.41) is 0. The van der Waals surface area contributed by atoms with Crippen molar-refractivity contribution in [1.82, 2.24) is 0 Å². The molecule has 2 unspecified atom stereocenters. The molecule has 0 radical (unpaired) electrons. The summed E-state index contributed by atoms with van der Waals surface area (Å²) in [6.07, 6.45) is 4.64. The van der Waals surface area contributed by atoms with E-state index in [0.717, 1.165) is 36.0 Å². The van der Waals surface area contributed by atoms with Crippen LogP contribution >= 0.6 is 11.6 Å². The summed E-state index contributed by atoms with van der Waals surface area (Å²) in [5.41, 5.74) is 2.20. The van der Waals surface area contributed by atoms with Gasteiger partial charge in [-0.1, -0.05) is 31.8 Å². The van der Waals surface area contributed by atoms with Gasteiger partial charge in [-0.3, -0.25) is 0 Å². The van der Waals surface area contributed by atoms with Gasteiger partial charge in [0.15, 0.2) is 0 Å². The van der Waals surface area contributed by atoms with Crippen LogP contribution in [0, 0.1) is 30.6 Å². The molecule has 0 aromatic heterocycles. The summed E-state index contributed by atoms with van der Waals surface area (Å²) in [6, 6.07) is 6.26. The van der Waals surface area contributed by atoms with Crippen LogP contribution in [-0.4, -0.2) is 12.0 Å². The lowest BCUT2D eigenvalue weighted by Crippen LogP contribution is -2.28. The van der Waals surface area contributed by atoms with Crippen LogP contribution < -0.4 is 4.74 Å². The monoisotopic (exact) mass is 304 g/mol. The molecule has 114 valence electrons. The zero-order valence-electron chi connectivity index (χ0n) is 13.3. The van der Waals surface area contributed by atoms with Gasteiger partial charge in [0.1, 0.15) is 5.75 Å². The topological polar surface area (TPSA) is 9.23 Å². The molecule has 2 rings (SSSR count). The first-order chi connectivity index (χ1) is 10.1. The minimum absolute atomic E-state index is 0.319. The van der Waals surface area contributed by atoms with Gasteiger partial charge in [0, 0.05) is 12.3 Å². The Labute approximate surface area is 134 Å². The summed E-state index contributed by atoms with van der Waals surface area (Å²) in [7, 11) is 0. The van der Waals surface area contributed by atoms with Crippen LogP contribution in [0.2, 0.25) is 0 Å². The van der Waals surface area contributed by atoms with E-state index in [1.165, 1.54) is 12.0 Å². The molecular formula is C19H25ClO. The minimum atomic E-state index is 0.319. The van der Waals surface area contributed by atoms with Gasteiger partial charge in [0.25, 0.3) is 0 Å². The lowest BCUT2D eigenvalue weighted by atomic mass is 9.82. The Morgan fingerprint density at radius 2 is 1.90 bits per heavy atom. The first-order valence-corrected chi connectivity index (χ1v) is 8.44. The number of halogens is 1. The Morgan fingerprint density at radius 1 is 1.19 bits per heavy atom. The highest BCUT2D eigenvalue weighted by Gasteiger charge is 2.25. The van der Waals surface area contributed by atoms with Crippen LogP contribution in [-0.2, 0) is 0 Å². The molecule has 1 aromatic carbocycles. The van der Waals surface area contributed by atoms with Gasteiger partial charge >= 0.3 is 0 Å². The molecule has 0 amide bonds. The zero-order chi connectivity index (χ0) is 15.2. The molecule has 1 aliphatic rings. The minimum Gasteiger partial charge on any atom is -0.489 e. The second-order valence-corrected chi connectivity index (χ2v) is 6.78. The second kappa shape index (κ2) is 7.76. The van der Waals surface area contributed by atoms with E-state index in [2.05, 4.69) is 50.8 Å². The summed E-state index contributed by atoms with van der Waals surface area (Å²) in [6.45, 7) is 6.73. The quantitative estimate of drug-likeness (QED) is 0.552. The van der Waals surface area contributed by atoms with Crippen molar-refractivity contribution in [3.63, 3.8) is 0 Å². The summed E-state index contributed by atoms with van der Waals surface area (Å²) in [5.74, 6) is 9.31. The molecule has 0 aliphatic heterocycles. The molecule has 0 saturated heterocycles. The predicted molar refractivity (Wildman–Crippen MR) is 90.0 cm³/mol. The maximum Gasteiger partial charge on any atom is 0.135 e. The standard InChI is InChI=1S/C19H25ClO/c1-14-7-8-19(17(11-14)6-4-5-9-20)21-18-12-15(2)10-16(3)13-18/h7-8,11,15-16,18H,5,9-10,12-13H2,1-3H3. The largest absolute Gasteiger partial charge is 0.489 e. The van der Waals surface area contributed by atoms with E-state index < -0.39 is 0 Å². The molecule has 0 heterocycles. The van der Waals surface area contributed by atoms with Crippen molar-refractivity contribution in [3.05, 3.63) is 29.3 Å². The number of ether oxygens (including phenoxy) is 1. The highest BCUT2D eigenvalue weighted by atomic mass is 35.5. The van der Waals surface area contributed by atoms with Crippen molar-refractivity contribution in [2.45, 2.75) is 52.6 Å². The second-order valence-electron chi connectivity index (χ2n) is 6.40. The van der Waals surface area contributed by atoms with Crippen LogP contribution in [0.25, 0.3) is 0 Å². The first kappa shape index (κ1) is 16.2. The molecule has 0 bridgehead atoms. The molecule has 0 N–H and O–H groups in total. The van der Waals surface area contributed by atoms with Gasteiger partial charge in [-0.05, 0) is 55.7 Å². The lowest BCUT2D eigenvalue weighted by molar-refractivity contribution is 0.101. The molecule has 2 atom stereocenters. The van der Waals surface area contributed by atoms with Crippen LogP contribution in [0.1, 0.15) is 50.7 Å². The van der Waals surface area contributed by atoms with Crippen molar-refractivity contribution in [3.8, 4) is 17.6 Å². The number of alkyl halides is 1. The van der Waals surface area contributed by atoms with Gasteiger partial charge in [-0.25, -0.2) is 0 Å². The molecule has 1 fully saturated rings. The van der Waals surface area contributed by atoms with Gasteiger partial charge in [0.05, 0.1) is 11.7 Å². The maximum absolute atomic E-state index is 6.28. The lowest BCUT2D eigenvalue weighted by Gasteiger charge is -2.32. The van der Waals surface area contributed by atoms with E-state index in [-0.39, 0.29) is 0 Å². The number of aryl methyl sites for hydroxylation is 1. The molecule has 1 aromatic rings. The van der Waals surface area contributed by atoms with Crippen molar-refractivity contribution in [2.75, 3.05) is 5.88 Å². The molecule has 1 aliphatic carbocycles. The molecule has 21 heavy (non-hydrogen) atoms. The molecule has 1 saturated carbocycles. The Balaban J connectivity index is 2.14. The van der Waals surface area contributed by atoms with Crippen LogP contribution in [0.5, 0.6) is 5.75 Å². The fourth-order valence-electron chi connectivity index (χ4n) is 3.20. The van der Waals surface area contributed by atoms with Crippen molar-refractivity contribution >= 4 is 11.6 Å². The number of benzene rings is 1. The van der Waals surface area contributed by atoms with Crippen LogP contribution in [0.15, 0.2) is 18.2 Å². The number of hydrogen-bond acceptors (Lipinski definition) is 1. The van der Waals surface area contributed by atoms with Gasteiger partial charge in [-0.15, -0.1) is 11.6 Å². The fourth-order valence-corrected chi connectivity index (χ4v) is 3.29. The third kappa shape index (κ3) is 4.97. The van der Waals surface area contributed by atoms with E-state index in [1.807, 2.05) is 0 Å². The average Bonchev–Trinajstić information content (AvgIpc) is 2.41. The number of rotatable bonds is 3. The van der Waals surface area contributed by atoms with E-state index in [1.54, 1.807) is 0 Å². The summed E-state index contributed by atoms with van der Waals surface area (Å²) < 4.78 is 6.28. The summed E-state index contributed by atoms with van der Waals surface area (Å²) in [4.78, 5) is 0. The van der Waals surface area contributed by atoms with Crippen molar-refractivity contribution in [1.29, 1.82) is 0 Å².